The second kappa shape index (κ2) is 8.97. The van der Waals surface area contributed by atoms with E-state index >= 15 is 0 Å². The lowest BCUT2D eigenvalue weighted by atomic mass is 9.64. The number of nitrogens with zero attached hydrogens (tertiary/aromatic N) is 2. The Bertz CT molecular complexity index is 1200. The molecule has 3 N–H and O–H groups in total. The zero-order valence-electron chi connectivity index (χ0n) is 20.1. The molecule has 1 saturated carbocycles. The van der Waals surface area contributed by atoms with Gasteiger partial charge >= 0.3 is 0 Å². The van der Waals surface area contributed by atoms with Gasteiger partial charge in [0.05, 0.1) is 33.4 Å². The maximum Gasteiger partial charge on any atom is 0.252 e. The molecule has 3 aliphatic rings. The number of anilines is 1. The molecule has 3 heterocycles. The van der Waals surface area contributed by atoms with Crippen LogP contribution in [0.1, 0.15) is 30.0 Å². The lowest BCUT2D eigenvalue weighted by Crippen LogP contribution is -2.57. The van der Waals surface area contributed by atoms with Crippen LogP contribution in [0.25, 0.3) is 0 Å². The standard InChI is InChI=1S/C24H29N5O6/c1-11-5-19(31)27-24(26-11)29-23(32)20-14-6-12(7-16(30)15(14)10-25-22(20)28-29)13-8-17(33-2)21(35-4)18(9-13)34-3/h5,8-9,12,14-15,20,22,25,28H,6-7,10H2,1-4H3,(H,26,27,31). The van der Waals surface area contributed by atoms with Crippen molar-refractivity contribution in [3.63, 3.8) is 0 Å². The highest BCUT2D eigenvalue weighted by molar-refractivity contribution is 5.96. The summed E-state index contributed by atoms with van der Waals surface area (Å²) in [5, 5.41) is 4.60. The number of aryl methyl sites for hydroxylation is 1. The molecule has 0 spiro atoms. The quantitative estimate of drug-likeness (QED) is 0.566. The highest BCUT2D eigenvalue weighted by Crippen LogP contribution is 2.48. The predicted molar refractivity (Wildman–Crippen MR) is 126 cm³/mol. The summed E-state index contributed by atoms with van der Waals surface area (Å²) in [5.74, 6) is 0.588. The van der Waals surface area contributed by atoms with Crippen LogP contribution >= 0.6 is 0 Å². The number of amides is 1. The Labute approximate surface area is 202 Å². The first-order chi connectivity index (χ1) is 16.8. The van der Waals surface area contributed by atoms with E-state index < -0.39 is 5.92 Å². The number of aromatic amines is 1. The second-order valence-electron chi connectivity index (χ2n) is 9.26. The molecule has 5 rings (SSSR count). The van der Waals surface area contributed by atoms with Gasteiger partial charge in [0.2, 0.25) is 17.6 Å². The first-order valence-electron chi connectivity index (χ1n) is 11.6. The van der Waals surface area contributed by atoms with Crippen molar-refractivity contribution in [2.75, 3.05) is 32.9 Å². The third-order valence-corrected chi connectivity index (χ3v) is 7.31. The van der Waals surface area contributed by atoms with Crippen molar-refractivity contribution in [3.8, 4) is 17.2 Å². The average molecular weight is 484 g/mol. The van der Waals surface area contributed by atoms with Crippen molar-refractivity contribution in [2.45, 2.75) is 31.8 Å². The Kier molecular flexibility index (Phi) is 5.97. The van der Waals surface area contributed by atoms with Crippen LogP contribution in [0, 0.1) is 24.7 Å². The zero-order valence-corrected chi connectivity index (χ0v) is 20.1. The molecule has 11 heteroatoms. The number of aromatic nitrogens is 2. The summed E-state index contributed by atoms with van der Waals surface area (Å²) in [6.07, 6.45) is 0.662. The SMILES string of the molecule is COc1cc(C2CC(=O)C3CNC4NN(c5nc(C)cc(=O)[nH]5)C(=O)C4C3C2)cc(OC)c1OC. The van der Waals surface area contributed by atoms with Crippen LogP contribution in [0.15, 0.2) is 23.0 Å². The number of hydrogen-bond acceptors (Lipinski definition) is 9. The van der Waals surface area contributed by atoms with E-state index in [2.05, 4.69) is 20.7 Å². The number of H-pyrrole nitrogens is 1. The molecule has 0 radical (unpaired) electrons. The molecule has 5 unspecified atom stereocenters. The lowest BCUT2D eigenvalue weighted by molar-refractivity contribution is -0.133. The monoisotopic (exact) mass is 483 g/mol. The fraction of sp³-hybridized carbons (Fsp3) is 0.500. The van der Waals surface area contributed by atoms with Crippen molar-refractivity contribution >= 4 is 17.6 Å². The first kappa shape index (κ1) is 23.3. The molecular weight excluding hydrogens is 454 g/mol. The minimum atomic E-state index is -0.478. The topological polar surface area (TPSA) is 135 Å². The van der Waals surface area contributed by atoms with Gasteiger partial charge in [-0.2, -0.15) is 0 Å². The molecule has 2 aliphatic heterocycles. The number of piperidine rings is 1. The largest absolute Gasteiger partial charge is 0.493 e. The zero-order chi connectivity index (χ0) is 24.9. The summed E-state index contributed by atoms with van der Waals surface area (Å²) in [4.78, 5) is 45.7. The van der Waals surface area contributed by atoms with Crippen molar-refractivity contribution in [1.82, 2.24) is 20.7 Å². The number of hydrazine groups is 1. The summed E-state index contributed by atoms with van der Waals surface area (Å²) < 4.78 is 16.4. The molecule has 1 aromatic heterocycles. The average Bonchev–Trinajstić information content (AvgIpc) is 3.19. The van der Waals surface area contributed by atoms with Crippen LogP contribution in [0.2, 0.25) is 0 Å². The van der Waals surface area contributed by atoms with Gasteiger partial charge in [0.15, 0.2) is 11.5 Å². The number of hydrogen-bond donors (Lipinski definition) is 3. The number of carbonyl (C=O) groups is 2. The van der Waals surface area contributed by atoms with E-state index in [0.29, 0.717) is 42.3 Å². The van der Waals surface area contributed by atoms with Gasteiger partial charge in [-0.1, -0.05) is 0 Å². The third kappa shape index (κ3) is 3.94. The van der Waals surface area contributed by atoms with Gasteiger partial charge < -0.3 is 14.2 Å². The summed E-state index contributed by atoms with van der Waals surface area (Å²) >= 11 is 0. The van der Waals surface area contributed by atoms with E-state index in [1.807, 2.05) is 12.1 Å². The summed E-state index contributed by atoms with van der Waals surface area (Å²) in [5.41, 5.74) is 4.22. The van der Waals surface area contributed by atoms with Crippen LogP contribution in [0.3, 0.4) is 0 Å². The molecular formula is C24H29N5O6. The van der Waals surface area contributed by atoms with Crippen molar-refractivity contribution in [1.29, 1.82) is 0 Å². The number of nitrogens with one attached hydrogen (secondary N) is 3. The molecule has 1 amide bonds. The Morgan fingerprint density at radius 2 is 1.74 bits per heavy atom. The Balaban J connectivity index is 1.46. The van der Waals surface area contributed by atoms with Gasteiger partial charge in [-0.15, -0.1) is 0 Å². The fourth-order valence-electron chi connectivity index (χ4n) is 5.73. The molecule has 1 aliphatic carbocycles. The van der Waals surface area contributed by atoms with Gasteiger partial charge in [0, 0.05) is 30.6 Å². The first-order valence-corrected chi connectivity index (χ1v) is 11.6. The van der Waals surface area contributed by atoms with Gasteiger partial charge in [-0.25, -0.2) is 15.4 Å². The molecule has 186 valence electrons. The lowest BCUT2D eigenvalue weighted by Gasteiger charge is -2.43. The molecule has 1 aromatic carbocycles. The fourth-order valence-corrected chi connectivity index (χ4v) is 5.73. The molecule has 35 heavy (non-hydrogen) atoms. The number of Topliss-reactive ketones (excluding diaryl/α,β-unsaturated/α-hetero) is 1. The van der Waals surface area contributed by atoms with E-state index in [9.17, 15) is 14.4 Å². The normalized spacial score (nSPS) is 27.9. The van der Waals surface area contributed by atoms with E-state index in [1.165, 1.54) is 11.1 Å². The van der Waals surface area contributed by atoms with Gasteiger partial charge in [-0.3, -0.25) is 24.7 Å². The number of benzene rings is 1. The van der Waals surface area contributed by atoms with Crippen LogP contribution < -0.4 is 35.5 Å². The second-order valence-corrected chi connectivity index (χ2v) is 9.26. The van der Waals surface area contributed by atoms with Crippen LogP contribution in [0.4, 0.5) is 5.95 Å². The highest BCUT2D eigenvalue weighted by atomic mass is 16.5. The molecule has 0 bridgehead atoms. The number of rotatable bonds is 5. The van der Waals surface area contributed by atoms with Crippen LogP contribution in [-0.2, 0) is 9.59 Å². The predicted octanol–water partition coefficient (Wildman–Crippen LogP) is 0.880. The molecule has 2 aromatic rings. The van der Waals surface area contributed by atoms with E-state index in [0.717, 1.165) is 5.56 Å². The number of ether oxygens (including phenoxy) is 3. The Morgan fingerprint density at radius 1 is 1.03 bits per heavy atom. The number of methoxy groups -OCH3 is 3. The van der Waals surface area contributed by atoms with Crippen molar-refractivity contribution < 1.29 is 23.8 Å². The molecule has 2 saturated heterocycles. The van der Waals surface area contributed by atoms with E-state index in [1.54, 1.807) is 28.3 Å². The minimum absolute atomic E-state index is 0.102. The van der Waals surface area contributed by atoms with Crippen molar-refractivity contribution in [3.05, 3.63) is 39.8 Å². The van der Waals surface area contributed by atoms with Gasteiger partial charge in [-0.05, 0) is 42.9 Å². The summed E-state index contributed by atoms with van der Waals surface area (Å²) in [7, 11) is 4.66. The summed E-state index contributed by atoms with van der Waals surface area (Å²) in [6.45, 7) is 2.18. The maximum atomic E-state index is 13.5. The maximum absolute atomic E-state index is 13.5. The Hall–Kier alpha value is -3.44. The van der Waals surface area contributed by atoms with Crippen molar-refractivity contribution in [2.24, 2.45) is 17.8 Å². The third-order valence-electron chi connectivity index (χ3n) is 7.31. The van der Waals surface area contributed by atoms with E-state index in [-0.39, 0.29) is 47.1 Å². The van der Waals surface area contributed by atoms with Gasteiger partial charge in [0.25, 0.3) is 5.56 Å². The summed E-state index contributed by atoms with van der Waals surface area (Å²) in [6, 6.07) is 5.12. The number of carbonyl (C=O) groups excluding carboxylic acids is 2. The number of fused-ring (bicyclic) bond motifs is 3. The highest BCUT2D eigenvalue weighted by Gasteiger charge is 2.54. The van der Waals surface area contributed by atoms with Crippen LogP contribution in [0.5, 0.6) is 17.2 Å². The smallest absolute Gasteiger partial charge is 0.252 e. The van der Waals surface area contributed by atoms with Gasteiger partial charge in [0.1, 0.15) is 5.78 Å². The molecule has 5 atom stereocenters. The Morgan fingerprint density at radius 3 is 2.37 bits per heavy atom. The van der Waals surface area contributed by atoms with E-state index in [4.69, 9.17) is 14.2 Å². The van der Waals surface area contributed by atoms with Crippen LogP contribution in [-0.4, -0.2) is 55.7 Å². The molecule has 3 fully saturated rings. The number of ketones is 1. The minimum Gasteiger partial charge on any atom is -0.493 e. The molecule has 11 nitrogen and oxygen atoms in total.